The van der Waals surface area contributed by atoms with Crippen LogP contribution in [-0.4, -0.2) is 39.4 Å². The number of esters is 2. The van der Waals surface area contributed by atoms with E-state index in [1.54, 1.807) is 7.05 Å². The molecular weight excluding hydrogens is 318 g/mol. The molecule has 24 heavy (non-hydrogen) atoms. The number of non-ortho nitro benzene ring substituents is 1. The number of hydrogen-bond donors (Lipinski definition) is 0. The SMILES string of the molecule is Cn1cc(C(=O)O[C@@H]2CCOC2=O)c(-c2ccc([N+](=O)[O-])cc2)n1. The van der Waals surface area contributed by atoms with Gasteiger partial charge in [0.1, 0.15) is 11.3 Å². The Hall–Kier alpha value is -3.23. The lowest BCUT2D eigenvalue weighted by Gasteiger charge is -2.08. The van der Waals surface area contributed by atoms with Gasteiger partial charge in [0.2, 0.25) is 6.10 Å². The number of carbonyl (C=O) groups is 2. The van der Waals surface area contributed by atoms with Gasteiger partial charge in [0.05, 0.1) is 11.5 Å². The zero-order valence-electron chi connectivity index (χ0n) is 12.7. The molecule has 2 heterocycles. The highest BCUT2D eigenvalue weighted by atomic mass is 16.6. The Balaban J connectivity index is 1.88. The summed E-state index contributed by atoms with van der Waals surface area (Å²) < 4.78 is 11.4. The molecule has 1 aromatic carbocycles. The second-order valence-electron chi connectivity index (χ2n) is 5.22. The van der Waals surface area contributed by atoms with Crippen molar-refractivity contribution in [3.05, 3.63) is 46.1 Å². The maximum Gasteiger partial charge on any atom is 0.347 e. The molecule has 1 fully saturated rings. The minimum Gasteiger partial charge on any atom is -0.463 e. The Morgan fingerprint density at radius 1 is 1.42 bits per heavy atom. The third-order valence-corrected chi connectivity index (χ3v) is 3.54. The molecule has 0 N–H and O–H groups in total. The third-order valence-electron chi connectivity index (χ3n) is 3.54. The molecule has 0 spiro atoms. The van der Waals surface area contributed by atoms with Crippen molar-refractivity contribution < 1.29 is 24.0 Å². The number of nitro groups is 1. The predicted octanol–water partition coefficient (Wildman–Crippen LogP) is 1.47. The highest BCUT2D eigenvalue weighted by Crippen LogP contribution is 2.25. The average molecular weight is 331 g/mol. The van der Waals surface area contributed by atoms with Gasteiger partial charge in [-0.15, -0.1) is 0 Å². The summed E-state index contributed by atoms with van der Waals surface area (Å²) in [6, 6.07) is 5.66. The van der Waals surface area contributed by atoms with E-state index >= 15 is 0 Å². The van der Waals surface area contributed by atoms with Gasteiger partial charge in [-0.05, 0) is 12.1 Å². The van der Waals surface area contributed by atoms with Crippen molar-refractivity contribution in [3.63, 3.8) is 0 Å². The second-order valence-corrected chi connectivity index (χ2v) is 5.22. The first-order chi connectivity index (χ1) is 11.5. The molecule has 1 aliphatic rings. The van der Waals surface area contributed by atoms with Crippen LogP contribution in [0.4, 0.5) is 5.69 Å². The molecule has 9 heteroatoms. The van der Waals surface area contributed by atoms with Crippen molar-refractivity contribution in [2.75, 3.05) is 6.61 Å². The first kappa shape index (κ1) is 15.7. The van der Waals surface area contributed by atoms with Crippen molar-refractivity contribution in [1.82, 2.24) is 9.78 Å². The summed E-state index contributed by atoms with van der Waals surface area (Å²) in [6.45, 7) is 0.221. The lowest BCUT2D eigenvalue weighted by molar-refractivity contribution is -0.384. The predicted molar refractivity (Wildman–Crippen MR) is 80.1 cm³/mol. The molecule has 2 aromatic rings. The summed E-state index contributed by atoms with van der Waals surface area (Å²) in [5.41, 5.74) is 0.962. The van der Waals surface area contributed by atoms with Crippen LogP contribution >= 0.6 is 0 Å². The van der Waals surface area contributed by atoms with Crippen LogP contribution in [-0.2, 0) is 21.3 Å². The number of benzene rings is 1. The van der Waals surface area contributed by atoms with Crippen LogP contribution in [0.1, 0.15) is 16.8 Å². The summed E-state index contributed by atoms with van der Waals surface area (Å²) in [5, 5.41) is 14.9. The zero-order chi connectivity index (χ0) is 17.3. The second kappa shape index (κ2) is 6.11. The highest BCUT2D eigenvalue weighted by Gasteiger charge is 2.32. The number of carbonyl (C=O) groups excluding carboxylic acids is 2. The van der Waals surface area contributed by atoms with Gasteiger partial charge in [-0.2, -0.15) is 5.10 Å². The Kier molecular flexibility index (Phi) is 3.98. The number of aryl methyl sites for hydroxylation is 1. The van der Waals surface area contributed by atoms with Gasteiger partial charge in [0, 0.05) is 37.4 Å². The van der Waals surface area contributed by atoms with E-state index in [1.165, 1.54) is 35.1 Å². The number of nitrogens with zero attached hydrogens (tertiary/aromatic N) is 3. The van der Waals surface area contributed by atoms with E-state index < -0.39 is 23.0 Å². The Morgan fingerprint density at radius 2 is 2.12 bits per heavy atom. The number of rotatable bonds is 4. The van der Waals surface area contributed by atoms with E-state index in [0.29, 0.717) is 17.7 Å². The van der Waals surface area contributed by atoms with Crippen LogP contribution in [0.25, 0.3) is 11.3 Å². The van der Waals surface area contributed by atoms with E-state index in [2.05, 4.69) is 5.10 Å². The minimum atomic E-state index is -0.914. The molecule has 0 aliphatic carbocycles. The zero-order valence-corrected chi connectivity index (χ0v) is 12.7. The number of hydrogen-bond acceptors (Lipinski definition) is 7. The van der Waals surface area contributed by atoms with Crippen molar-refractivity contribution in [2.24, 2.45) is 7.05 Å². The molecule has 0 unspecified atom stereocenters. The van der Waals surface area contributed by atoms with Gasteiger partial charge >= 0.3 is 11.9 Å². The fraction of sp³-hybridized carbons (Fsp3) is 0.267. The number of nitro benzene ring substituents is 1. The smallest absolute Gasteiger partial charge is 0.347 e. The van der Waals surface area contributed by atoms with Crippen LogP contribution < -0.4 is 0 Å². The molecule has 1 aromatic heterocycles. The molecule has 0 bridgehead atoms. The van der Waals surface area contributed by atoms with Crippen LogP contribution in [0.5, 0.6) is 0 Å². The Labute approximate surface area is 135 Å². The van der Waals surface area contributed by atoms with E-state index in [0.717, 1.165) is 0 Å². The maximum atomic E-state index is 12.3. The van der Waals surface area contributed by atoms with Gasteiger partial charge in [-0.3, -0.25) is 14.8 Å². The largest absolute Gasteiger partial charge is 0.463 e. The summed E-state index contributed by atoms with van der Waals surface area (Å²) in [4.78, 5) is 34.0. The molecule has 0 amide bonds. The van der Waals surface area contributed by atoms with E-state index in [1.807, 2.05) is 0 Å². The van der Waals surface area contributed by atoms with Gasteiger partial charge in [0.15, 0.2) is 0 Å². The van der Waals surface area contributed by atoms with Crippen LogP contribution in [0.15, 0.2) is 30.5 Å². The van der Waals surface area contributed by atoms with Gasteiger partial charge in [0.25, 0.3) is 5.69 Å². The monoisotopic (exact) mass is 331 g/mol. The number of aromatic nitrogens is 2. The summed E-state index contributed by atoms with van der Waals surface area (Å²) in [7, 11) is 1.63. The third kappa shape index (κ3) is 2.96. The first-order valence-corrected chi connectivity index (χ1v) is 7.12. The molecule has 3 rings (SSSR count). The fourth-order valence-corrected chi connectivity index (χ4v) is 2.37. The standard InChI is InChI=1S/C15H13N3O6/c1-17-8-11(14(19)24-12-6-7-23-15(12)20)13(16-17)9-2-4-10(5-3-9)18(21)22/h2-5,8,12H,6-7H2,1H3/t12-/m1/s1. The molecule has 1 saturated heterocycles. The van der Waals surface area contributed by atoms with Crippen LogP contribution in [0, 0.1) is 10.1 Å². The Bertz CT molecular complexity index is 811. The molecular formula is C15H13N3O6. The van der Waals surface area contributed by atoms with Gasteiger partial charge in [-0.25, -0.2) is 9.59 Å². The Morgan fingerprint density at radius 3 is 2.71 bits per heavy atom. The van der Waals surface area contributed by atoms with E-state index in [-0.39, 0.29) is 17.9 Å². The number of ether oxygens (including phenoxy) is 2. The van der Waals surface area contributed by atoms with E-state index in [9.17, 15) is 19.7 Å². The highest BCUT2D eigenvalue weighted by molar-refractivity contribution is 5.97. The molecule has 9 nitrogen and oxygen atoms in total. The van der Waals surface area contributed by atoms with Crippen molar-refractivity contribution in [2.45, 2.75) is 12.5 Å². The quantitative estimate of drug-likeness (QED) is 0.473. The first-order valence-electron chi connectivity index (χ1n) is 7.12. The minimum absolute atomic E-state index is 0.0625. The van der Waals surface area contributed by atoms with Crippen LogP contribution in [0.2, 0.25) is 0 Å². The molecule has 1 aliphatic heterocycles. The molecule has 0 saturated carbocycles. The summed E-state index contributed by atoms with van der Waals surface area (Å²) in [5.74, 6) is -1.26. The fourth-order valence-electron chi connectivity index (χ4n) is 2.37. The van der Waals surface area contributed by atoms with Crippen molar-refractivity contribution in [1.29, 1.82) is 0 Å². The molecule has 0 radical (unpaired) electrons. The number of cyclic esters (lactones) is 1. The van der Waals surface area contributed by atoms with Crippen molar-refractivity contribution >= 4 is 17.6 Å². The van der Waals surface area contributed by atoms with Crippen molar-refractivity contribution in [3.8, 4) is 11.3 Å². The summed E-state index contributed by atoms with van der Waals surface area (Å²) in [6.07, 6.45) is 0.874. The maximum absolute atomic E-state index is 12.3. The molecule has 124 valence electrons. The topological polar surface area (TPSA) is 114 Å². The lowest BCUT2D eigenvalue weighted by Crippen LogP contribution is -2.22. The van der Waals surface area contributed by atoms with Gasteiger partial charge < -0.3 is 9.47 Å². The van der Waals surface area contributed by atoms with E-state index in [4.69, 9.17) is 9.47 Å². The normalized spacial score (nSPS) is 16.7. The molecule has 1 atom stereocenters. The van der Waals surface area contributed by atoms with Gasteiger partial charge in [-0.1, -0.05) is 0 Å². The summed E-state index contributed by atoms with van der Waals surface area (Å²) >= 11 is 0. The van der Waals surface area contributed by atoms with Crippen LogP contribution in [0.3, 0.4) is 0 Å². The average Bonchev–Trinajstić information content (AvgIpc) is 3.13. The lowest BCUT2D eigenvalue weighted by atomic mass is 10.1.